The van der Waals surface area contributed by atoms with Crippen LogP contribution >= 0.6 is 11.8 Å². The topological polar surface area (TPSA) is 83.0 Å². The summed E-state index contributed by atoms with van der Waals surface area (Å²) in [6.07, 6.45) is 9.24. The van der Waals surface area contributed by atoms with E-state index in [1.807, 2.05) is 37.4 Å². The van der Waals surface area contributed by atoms with Gasteiger partial charge in [-0.05, 0) is 50.1 Å². The normalized spacial score (nSPS) is 19.4. The molecule has 2 N–H and O–H groups in total. The molecule has 0 bridgehead atoms. The van der Waals surface area contributed by atoms with E-state index in [0.717, 1.165) is 36.5 Å². The Kier molecular flexibility index (Phi) is 6.49. The molecule has 1 aliphatic rings. The lowest BCUT2D eigenvalue weighted by atomic mass is 9.91. The van der Waals surface area contributed by atoms with Gasteiger partial charge in [0.2, 0.25) is 5.95 Å². The first kappa shape index (κ1) is 19.4. The van der Waals surface area contributed by atoms with Crippen molar-refractivity contribution in [3.05, 3.63) is 36.2 Å². The smallest absolute Gasteiger partial charge is 0.254 e. The number of rotatable bonds is 6. The number of carbonyl (C=O) groups excluding carboxylic acids is 1. The minimum absolute atomic E-state index is 0.0362. The largest absolute Gasteiger partial charge is 0.363 e. The monoisotopic (exact) mass is 386 g/mol. The van der Waals surface area contributed by atoms with Crippen molar-refractivity contribution in [1.29, 1.82) is 0 Å². The van der Waals surface area contributed by atoms with Gasteiger partial charge >= 0.3 is 0 Å². The predicted molar refractivity (Wildman–Crippen MR) is 110 cm³/mol. The maximum absolute atomic E-state index is 12.6. The van der Waals surface area contributed by atoms with Crippen LogP contribution in [0.3, 0.4) is 0 Å². The molecule has 0 saturated heterocycles. The second kappa shape index (κ2) is 9.03. The highest BCUT2D eigenvalue weighted by molar-refractivity contribution is 7.98. The first-order valence-corrected chi connectivity index (χ1v) is 10.4. The third kappa shape index (κ3) is 5.09. The number of nitrogens with one attached hydrogen (secondary N) is 2. The molecule has 1 fully saturated rings. The summed E-state index contributed by atoms with van der Waals surface area (Å²) in [5, 5.41) is 7.35. The standard InChI is InChI=1S/C19H26N6OS/c1-25(2)16-10-12-21-19(24-16)23-14-8-6-13(7-9-14)22-17(26)15-5-4-11-20-18(15)27-3/h4-5,10-14H,6-9H2,1-3H3,(H,22,26)(H,21,23,24)/t13-,14+. The molecule has 144 valence electrons. The van der Waals surface area contributed by atoms with E-state index < -0.39 is 0 Å². The van der Waals surface area contributed by atoms with Crippen molar-refractivity contribution < 1.29 is 4.79 Å². The van der Waals surface area contributed by atoms with Crippen LogP contribution in [0.15, 0.2) is 35.6 Å². The SMILES string of the molecule is CSc1ncccc1C(=O)N[C@H]1CC[C@@H](Nc2nccc(N(C)C)n2)CC1. The number of amides is 1. The Bertz CT molecular complexity index is 776. The molecule has 1 aliphatic carbocycles. The van der Waals surface area contributed by atoms with Crippen molar-refractivity contribution in [2.75, 3.05) is 30.6 Å². The number of hydrogen-bond donors (Lipinski definition) is 2. The van der Waals surface area contributed by atoms with E-state index in [-0.39, 0.29) is 11.9 Å². The summed E-state index contributed by atoms with van der Waals surface area (Å²) in [7, 11) is 3.93. The number of nitrogens with zero attached hydrogens (tertiary/aromatic N) is 4. The van der Waals surface area contributed by atoms with Gasteiger partial charge in [-0.15, -0.1) is 11.8 Å². The van der Waals surface area contributed by atoms with Crippen LogP contribution in [-0.2, 0) is 0 Å². The zero-order chi connectivity index (χ0) is 19.2. The van der Waals surface area contributed by atoms with Gasteiger partial charge in [-0.3, -0.25) is 4.79 Å². The van der Waals surface area contributed by atoms with Crippen LogP contribution in [0.5, 0.6) is 0 Å². The van der Waals surface area contributed by atoms with Gasteiger partial charge in [0.05, 0.1) is 5.56 Å². The lowest BCUT2D eigenvalue weighted by Crippen LogP contribution is -2.40. The molecular formula is C19H26N6OS. The number of aromatic nitrogens is 3. The van der Waals surface area contributed by atoms with Gasteiger partial charge in [-0.1, -0.05) is 0 Å². The second-order valence-electron chi connectivity index (χ2n) is 6.86. The lowest BCUT2D eigenvalue weighted by Gasteiger charge is -2.30. The summed E-state index contributed by atoms with van der Waals surface area (Å²) < 4.78 is 0. The summed E-state index contributed by atoms with van der Waals surface area (Å²) in [6, 6.07) is 6.04. The number of anilines is 2. The molecule has 7 nitrogen and oxygen atoms in total. The van der Waals surface area contributed by atoms with Crippen LogP contribution < -0.4 is 15.5 Å². The number of thioether (sulfide) groups is 1. The summed E-state index contributed by atoms with van der Waals surface area (Å²) >= 11 is 1.49. The summed E-state index contributed by atoms with van der Waals surface area (Å²) in [6.45, 7) is 0. The molecule has 1 amide bonds. The van der Waals surface area contributed by atoms with E-state index in [1.165, 1.54) is 11.8 Å². The quantitative estimate of drug-likeness (QED) is 0.739. The van der Waals surface area contributed by atoms with Crippen LogP contribution in [0.2, 0.25) is 0 Å². The molecule has 0 aromatic carbocycles. The van der Waals surface area contributed by atoms with Crippen molar-refractivity contribution >= 4 is 29.4 Å². The average Bonchev–Trinajstić information content (AvgIpc) is 2.69. The predicted octanol–water partition coefficient (Wildman–Crippen LogP) is 2.81. The third-order valence-corrected chi connectivity index (χ3v) is 5.42. The Balaban J connectivity index is 1.52. The molecular weight excluding hydrogens is 360 g/mol. The van der Waals surface area contributed by atoms with Crippen molar-refractivity contribution in [2.24, 2.45) is 0 Å². The Labute approximate surface area is 164 Å². The molecule has 0 unspecified atom stereocenters. The first-order valence-electron chi connectivity index (χ1n) is 9.13. The lowest BCUT2D eigenvalue weighted by molar-refractivity contribution is 0.0923. The fourth-order valence-corrected chi connectivity index (χ4v) is 3.77. The number of hydrogen-bond acceptors (Lipinski definition) is 7. The van der Waals surface area contributed by atoms with E-state index in [4.69, 9.17) is 0 Å². The van der Waals surface area contributed by atoms with Crippen LogP contribution in [0, 0.1) is 0 Å². The van der Waals surface area contributed by atoms with Gasteiger partial charge in [0.15, 0.2) is 0 Å². The Morgan fingerprint density at radius 2 is 1.85 bits per heavy atom. The highest BCUT2D eigenvalue weighted by Gasteiger charge is 2.24. The Hall–Kier alpha value is -2.35. The fourth-order valence-electron chi connectivity index (χ4n) is 3.22. The van der Waals surface area contributed by atoms with Gasteiger partial charge in [-0.25, -0.2) is 9.97 Å². The van der Waals surface area contributed by atoms with Crippen molar-refractivity contribution in [1.82, 2.24) is 20.3 Å². The van der Waals surface area contributed by atoms with Crippen LogP contribution in [0.4, 0.5) is 11.8 Å². The van der Waals surface area contributed by atoms with Crippen molar-refractivity contribution in [2.45, 2.75) is 42.8 Å². The second-order valence-corrected chi connectivity index (χ2v) is 7.65. The highest BCUT2D eigenvalue weighted by atomic mass is 32.2. The van der Waals surface area contributed by atoms with E-state index in [9.17, 15) is 4.79 Å². The number of pyridine rings is 1. The van der Waals surface area contributed by atoms with E-state index in [1.54, 1.807) is 18.5 Å². The molecule has 3 rings (SSSR count). The van der Waals surface area contributed by atoms with E-state index >= 15 is 0 Å². The maximum atomic E-state index is 12.6. The summed E-state index contributed by atoms with van der Waals surface area (Å²) in [5.74, 6) is 1.51. The molecule has 27 heavy (non-hydrogen) atoms. The van der Waals surface area contributed by atoms with Crippen LogP contribution in [-0.4, -0.2) is 53.3 Å². The molecule has 0 atom stereocenters. The molecule has 0 aliphatic heterocycles. The molecule has 0 spiro atoms. The van der Waals surface area contributed by atoms with Crippen LogP contribution in [0.25, 0.3) is 0 Å². The van der Waals surface area contributed by atoms with Crippen molar-refractivity contribution in [3.63, 3.8) is 0 Å². The molecule has 1 saturated carbocycles. The van der Waals surface area contributed by atoms with E-state index in [0.29, 0.717) is 17.6 Å². The summed E-state index contributed by atoms with van der Waals surface area (Å²) in [5.41, 5.74) is 0.652. The maximum Gasteiger partial charge on any atom is 0.254 e. The highest BCUT2D eigenvalue weighted by Crippen LogP contribution is 2.23. The Morgan fingerprint density at radius 1 is 1.11 bits per heavy atom. The number of carbonyl (C=O) groups is 1. The summed E-state index contributed by atoms with van der Waals surface area (Å²) in [4.78, 5) is 27.6. The van der Waals surface area contributed by atoms with Gasteiger partial charge in [0.25, 0.3) is 5.91 Å². The van der Waals surface area contributed by atoms with Gasteiger partial charge in [0.1, 0.15) is 10.8 Å². The first-order chi connectivity index (χ1) is 13.1. The van der Waals surface area contributed by atoms with Gasteiger partial charge < -0.3 is 15.5 Å². The van der Waals surface area contributed by atoms with Crippen LogP contribution in [0.1, 0.15) is 36.0 Å². The fraction of sp³-hybridized carbons (Fsp3) is 0.474. The van der Waals surface area contributed by atoms with Gasteiger partial charge in [0, 0.05) is 38.6 Å². The minimum Gasteiger partial charge on any atom is -0.363 e. The van der Waals surface area contributed by atoms with E-state index in [2.05, 4.69) is 25.6 Å². The third-order valence-electron chi connectivity index (χ3n) is 4.70. The van der Waals surface area contributed by atoms with Crippen molar-refractivity contribution in [3.8, 4) is 0 Å². The average molecular weight is 387 g/mol. The minimum atomic E-state index is -0.0362. The molecule has 2 aromatic heterocycles. The zero-order valence-corrected chi connectivity index (χ0v) is 16.8. The molecule has 2 aromatic rings. The zero-order valence-electron chi connectivity index (χ0n) is 16.0. The molecule has 2 heterocycles. The van der Waals surface area contributed by atoms with Gasteiger partial charge in [-0.2, -0.15) is 4.98 Å². The Morgan fingerprint density at radius 3 is 2.56 bits per heavy atom. The molecule has 8 heteroatoms. The molecule has 0 radical (unpaired) electrons.